The number of hydrogen-bond acceptors (Lipinski definition) is 5. The van der Waals surface area contributed by atoms with Crippen LogP contribution in [0.5, 0.6) is 0 Å². The van der Waals surface area contributed by atoms with E-state index in [1.54, 1.807) is 0 Å². The number of alkyl halides is 1. The first-order valence-electron chi connectivity index (χ1n) is 6.39. The average molecular weight is 333 g/mol. The molecule has 114 valence electrons. The first-order chi connectivity index (χ1) is 9.91. The number of hydrogen-bond donors (Lipinski definition) is 0. The zero-order chi connectivity index (χ0) is 15.6. The Hall–Kier alpha value is -1.54. The fourth-order valence-electron chi connectivity index (χ4n) is 2.39. The molecular weight excluding hydrogens is 320 g/mol. The topological polar surface area (TPSA) is 103 Å². The molecule has 1 aromatic rings. The van der Waals surface area contributed by atoms with Crippen molar-refractivity contribution in [1.29, 1.82) is 0 Å². The van der Waals surface area contributed by atoms with Crippen LogP contribution in [-0.4, -0.2) is 24.7 Å². The van der Waals surface area contributed by atoms with Crippen molar-refractivity contribution in [3.8, 4) is 0 Å². The number of nitro benzene ring substituents is 2. The molecule has 21 heavy (non-hydrogen) atoms. The third kappa shape index (κ3) is 3.38. The van der Waals surface area contributed by atoms with E-state index in [4.69, 9.17) is 11.6 Å². The minimum absolute atomic E-state index is 0.00292. The molecule has 0 radical (unpaired) electrons. The lowest BCUT2D eigenvalue weighted by Gasteiger charge is -2.26. The molecule has 1 aliphatic rings. The second-order valence-electron chi connectivity index (χ2n) is 4.80. The van der Waals surface area contributed by atoms with Gasteiger partial charge in [-0.25, -0.2) is 0 Å². The molecule has 0 unspecified atom stereocenters. The van der Waals surface area contributed by atoms with Gasteiger partial charge in [-0.05, 0) is 18.9 Å². The maximum Gasteiger partial charge on any atom is 0.292 e. The van der Waals surface area contributed by atoms with Gasteiger partial charge >= 0.3 is 0 Å². The van der Waals surface area contributed by atoms with Crippen LogP contribution in [0.3, 0.4) is 0 Å². The lowest BCUT2D eigenvalue weighted by Crippen LogP contribution is -2.30. The molecule has 0 bridgehead atoms. The lowest BCUT2D eigenvalue weighted by molar-refractivity contribution is -0.396. The van der Waals surface area contributed by atoms with E-state index in [1.165, 1.54) is 6.07 Å². The summed E-state index contributed by atoms with van der Waals surface area (Å²) in [7, 11) is -1.65. The quantitative estimate of drug-likeness (QED) is 0.478. The van der Waals surface area contributed by atoms with Crippen molar-refractivity contribution in [2.75, 3.05) is 0 Å². The van der Waals surface area contributed by atoms with Crippen molar-refractivity contribution in [1.82, 2.24) is 0 Å². The standard InChI is InChI=1S/C12H13ClN2O5S/c13-9-3-1-2-4-11(9)21(20)12-6-5-8(14(16)17)7-10(12)15(18)19/h5-7,9,11H,1-4H2/t9-,11-,21+/m0/s1. The van der Waals surface area contributed by atoms with Gasteiger partial charge in [0.2, 0.25) is 0 Å². The molecule has 0 aromatic heterocycles. The van der Waals surface area contributed by atoms with Crippen LogP contribution in [0.25, 0.3) is 0 Å². The predicted molar refractivity (Wildman–Crippen MR) is 78.1 cm³/mol. The Morgan fingerprint density at radius 3 is 2.38 bits per heavy atom. The molecule has 0 N–H and O–H groups in total. The van der Waals surface area contributed by atoms with E-state index in [-0.39, 0.29) is 15.5 Å². The molecule has 1 fully saturated rings. The van der Waals surface area contributed by atoms with Crippen molar-refractivity contribution >= 4 is 33.8 Å². The summed E-state index contributed by atoms with van der Waals surface area (Å²) < 4.78 is 12.6. The van der Waals surface area contributed by atoms with Crippen molar-refractivity contribution in [3.63, 3.8) is 0 Å². The molecule has 0 amide bonds. The summed E-state index contributed by atoms with van der Waals surface area (Å²) in [5.74, 6) is 0. The van der Waals surface area contributed by atoms with Crippen molar-refractivity contribution in [2.24, 2.45) is 0 Å². The van der Waals surface area contributed by atoms with Gasteiger partial charge in [-0.2, -0.15) is 0 Å². The zero-order valence-electron chi connectivity index (χ0n) is 10.9. The Balaban J connectivity index is 2.40. The summed E-state index contributed by atoms with van der Waals surface area (Å²) in [6, 6.07) is 3.18. The number of rotatable bonds is 4. The molecule has 3 atom stereocenters. The van der Waals surface area contributed by atoms with Crippen LogP contribution in [0.4, 0.5) is 11.4 Å². The largest absolute Gasteiger partial charge is 0.292 e. The van der Waals surface area contributed by atoms with Crippen LogP contribution in [0, 0.1) is 20.2 Å². The van der Waals surface area contributed by atoms with Crippen LogP contribution in [0.15, 0.2) is 23.1 Å². The number of benzene rings is 1. The van der Waals surface area contributed by atoms with Crippen LogP contribution in [0.1, 0.15) is 25.7 Å². The maximum absolute atomic E-state index is 12.6. The highest BCUT2D eigenvalue weighted by Crippen LogP contribution is 2.34. The lowest BCUT2D eigenvalue weighted by atomic mass is 10.00. The second-order valence-corrected chi connectivity index (χ2v) is 7.00. The van der Waals surface area contributed by atoms with Crippen LogP contribution in [-0.2, 0) is 10.8 Å². The Kier molecular flexibility index (Phi) is 4.89. The van der Waals surface area contributed by atoms with Crippen molar-refractivity contribution in [2.45, 2.75) is 41.2 Å². The zero-order valence-corrected chi connectivity index (χ0v) is 12.5. The smallest absolute Gasteiger partial charge is 0.258 e. The van der Waals surface area contributed by atoms with Gasteiger partial charge < -0.3 is 0 Å². The maximum atomic E-state index is 12.6. The molecule has 2 rings (SSSR count). The van der Waals surface area contributed by atoms with E-state index in [1.807, 2.05) is 0 Å². The van der Waals surface area contributed by atoms with Gasteiger partial charge in [-0.3, -0.25) is 24.4 Å². The van der Waals surface area contributed by atoms with Gasteiger partial charge in [0.05, 0.1) is 32.0 Å². The monoisotopic (exact) mass is 332 g/mol. The van der Waals surface area contributed by atoms with E-state index in [9.17, 15) is 24.4 Å². The van der Waals surface area contributed by atoms with E-state index >= 15 is 0 Å². The molecule has 1 saturated carbocycles. The number of non-ortho nitro benzene ring substituents is 1. The summed E-state index contributed by atoms with van der Waals surface area (Å²) in [5, 5.41) is 21.1. The summed E-state index contributed by atoms with van der Waals surface area (Å²) in [6.07, 6.45) is 3.18. The first-order valence-corrected chi connectivity index (χ1v) is 8.04. The predicted octanol–water partition coefficient (Wildman–Crippen LogP) is 3.16. The fraction of sp³-hybridized carbons (Fsp3) is 0.500. The highest BCUT2D eigenvalue weighted by molar-refractivity contribution is 7.86. The van der Waals surface area contributed by atoms with Gasteiger partial charge in [0.1, 0.15) is 4.90 Å². The molecule has 1 aromatic carbocycles. The minimum Gasteiger partial charge on any atom is -0.258 e. The van der Waals surface area contributed by atoms with Gasteiger partial charge in [0.15, 0.2) is 0 Å². The van der Waals surface area contributed by atoms with Gasteiger partial charge in [0.25, 0.3) is 11.4 Å². The molecular formula is C12H13ClN2O5S. The third-order valence-corrected chi connectivity index (χ3v) is 6.03. The van der Waals surface area contributed by atoms with Crippen LogP contribution >= 0.6 is 11.6 Å². The number of nitrogens with zero attached hydrogens (tertiary/aromatic N) is 2. The molecule has 7 nitrogen and oxygen atoms in total. The second kappa shape index (κ2) is 6.48. The molecule has 0 aliphatic heterocycles. The Morgan fingerprint density at radius 1 is 1.14 bits per heavy atom. The first kappa shape index (κ1) is 15.8. The number of halogens is 1. The Morgan fingerprint density at radius 2 is 1.81 bits per heavy atom. The van der Waals surface area contributed by atoms with Gasteiger partial charge in [-0.15, -0.1) is 11.6 Å². The molecule has 0 spiro atoms. The van der Waals surface area contributed by atoms with E-state index in [0.717, 1.165) is 31.4 Å². The average Bonchev–Trinajstić information content (AvgIpc) is 2.46. The van der Waals surface area contributed by atoms with E-state index in [2.05, 4.69) is 0 Å². The Labute approximate surface area is 128 Å². The summed E-state index contributed by atoms with van der Waals surface area (Å²) in [5.41, 5.74) is -0.884. The van der Waals surface area contributed by atoms with E-state index < -0.39 is 32.0 Å². The minimum atomic E-state index is -1.65. The third-order valence-electron chi connectivity index (χ3n) is 3.46. The van der Waals surface area contributed by atoms with Crippen LogP contribution in [0.2, 0.25) is 0 Å². The summed E-state index contributed by atoms with van der Waals surface area (Å²) >= 11 is 6.17. The number of nitro groups is 2. The highest BCUT2D eigenvalue weighted by atomic mass is 35.5. The Bertz CT molecular complexity index is 609. The molecule has 9 heteroatoms. The van der Waals surface area contributed by atoms with E-state index in [0.29, 0.717) is 6.42 Å². The molecule has 0 heterocycles. The molecule has 1 aliphatic carbocycles. The normalized spacial score (nSPS) is 23.5. The van der Waals surface area contributed by atoms with Gasteiger partial charge in [0, 0.05) is 11.4 Å². The van der Waals surface area contributed by atoms with Crippen molar-refractivity contribution in [3.05, 3.63) is 38.4 Å². The fourth-order valence-corrected chi connectivity index (χ4v) is 4.60. The highest BCUT2D eigenvalue weighted by Gasteiger charge is 2.33. The molecule has 0 saturated heterocycles. The van der Waals surface area contributed by atoms with Gasteiger partial charge in [-0.1, -0.05) is 12.8 Å². The van der Waals surface area contributed by atoms with Crippen LogP contribution < -0.4 is 0 Å². The summed E-state index contributed by atoms with van der Waals surface area (Å²) in [6.45, 7) is 0. The summed E-state index contributed by atoms with van der Waals surface area (Å²) in [4.78, 5) is 20.3. The van der Waals surface area contributed by atoms with Crippen molar-refractivity contribution < 1.29 is 14.1 Å². The SMILES string of the molecule is O=[N+]([O-])c1ccc([S@](=O)[C@H]2CCCC[C@@H]2Cl)c([N+](=O)[O-])c1.